The molecule has 2 N–H and O–H groups in total. The average Bonchev–Trinajstić information content (AvgIpc) is 2.95. The van der Waals surface area contributed by atoms with Gasteiger partial charge >= 0.3 is 0 Å². The number of ether oxygens (including phenoxy) is 1. The molecule has 1 aromatic rings. The van der Waals surface area contributed by atoms with Gasteiger partial charge in [-0.1, -0.05) is 0 Å². The smallest absolute Gasteiger partial charge is 0.186 e. The highest BCUT2D eigenvalue weighted by Gasteiger charge is 2.44. The van der Waals surface area contributed by atoms with E-state index in [9.17, 15) is 17.2 Å². The Morgan fingerprint density at radius 2 is 1.94 bits per heavy atom. The van der Waals surface area contributed by atoms with E-state index in [1.165, 1.54) is 7.11 Å². The van der Waals surface area contributed by atoms with Crippen LogP contribution in [0.25, 0.3) is 0 Å². The van der Waals surface area contributed by atoms with Gasteiger partial charge in [0.2, 0.25) is 0 Å². The Morgan fingerprint density at radius 3 is 2.33 bits per heavy atom. The zero-order chi connectivity index (χ0) is 13.7. The van der Waals surface area contributed by atoms with E-state index in [1.807, 2.05) is 0 Å². The number of benzene rings is 1. The summed E-state index contributed by atoms with van der Waals surface area (Å²) in [5.74, 6) is -2.65. The van der Waals surface area contributed by atoms with E-state index in [4.69, 9.17) is 10.5 Å². The highest BCUT2D eigenvalue weighted by atomic mass is 32.2. The Hall–Kier alpha value is -1.21. The fourth-order valence-electron chi connectivity index (χ4n) is 1.90. The van der Waals surface area contributed by atoms with Crippen molar-refractivity contribution in [1.82, 2.24) is 0 Å². The molecule has 7 heteroatoms. The second-order valence-electron chi connectivity index (χ2n) is 4.51. The molecule has 0 unspecified atom stereocenters. The number of nitrogens with two attached hydrogens (primary N) is 1. The largest absolute Gasteiger partial charge is 0.493 e. The van der Waals surface area contributed by atoms with Crippen molar-refractivity contribution in [2.45, 2.75) is 23.3 Å². The van der Waals surface area contributed by atoms with E-state index in [2.05, 4.69) is 0 Å². The zero-order valence-electron chi connectivity index (χ0n) is 9.96. The highest BCUT2D eigenvalue weighted by molar-refractivity contribution is 7.90. The van der Waals surface area contributed by atoms with Crippen molar-refractivity contribution in [3.8, 4) is 5.75 Å². The summed E-state index contributed by atoms with van der Waals surface area (Å²) in [5.41, 5.74) is 5.24. The highest BCUT2D eigenvalue weighted by Crippen LogP contribution is 2.48. The maximum Gasteiger partial charge on any atom is 0.186 e. The van der Waals surface area contributed by atoms with Crippen LogP contribution in [-0.4, -0.2) is 21.8 Å². The lowest BCUT2D eigenvalue weighted by atomic mass is 10.0. The van der Waals surface area contributed by atoms with Crippen LogP contribution in [0.15, 0.2) is 11.0 Å². The van der Waals surface area contributed by atoms with Crippen LogP contribution in [0.2, 0.25) is 0 Å². The van der Waals surface area contributed by atoms with Crippen LogP contribution in [0, 0.1) is 11.6 Å². The molecule has 0 saturated heterocycles. The minimum Gasteiger partial charge on any atom is -0.493 e. The van der Waals surface area contributed by atoms with Gasteiger partial charge in [-0.25, -0.2) is 17.2 Å². The Bertz CT molecular complexity index is 609. The molecular weight excluding hydrogens is 264 g/mol. The van der Waals surface area contributed by atoms with E-state index in [-0.39, 0.29) is 11.3 Å². The SMILES string of the molecule is COc1c(C2(N)CC2)cc(F)c(S(C)(=O)=O)c1F. The summed E-state index contributed by atoms with van der Waals surface area (Å²) < 4.78 is 55.4. The fourth-order valence-corrected chi connectivity index (χ4v) is 2.73. The van der Waals surface area contributed by atoms with Crippen LogP contribution in [0.5, 0.6) is 5.75 Å². The van der Waals surface area contributed by atoms with Crippen molar-refractivity contribution in [3.05, 3.63) is 23.3 Å². The van der Waals surface area contributed by atoms with Gasteiger partial charge in [0, 0.05) is 17.4 Å². The average molecular weight is 277 g/mol. The van der Waals surface area contributed by atoms with Gasteiger partial charge in [-0.3, -0.25) is 0 Å². The third-order valence-electron chi connectivity index (χ3n) is 3.03. The van der Waals surface area contributed by atoms with Crippen molar-refractivity contribution in [3.63, 3.8) is 0 Å². The van der Waals surface area contributed by atoms with Crippen LogP contribution < -0.4 is 10.5 Å². The first-order valence-electron chi connectivity index (χ1n) is 5.26. The Kier molecular flexibility index (Phi) is 2.86. The van der Waals surface area contributed by atoms with Gasteiger partial charge in [-0.2, -0.15) is 0 Å². The van der Waals surface area contributed by atoms with Crippen LogP contribution in [0.1, 0.15) is 18.4 Å². The van der Waals surface area contributed by atoms with Crippen molar-refractivity contribution in [1.29, 1.82) is 0 Å². The normalized spacial score (nSPS) is 17.6. The van der Waals surface area contributed by atoms with Crippen molar-refractivity contribution in [2.24, 2.45) is 5.73 Å². The molecule has 0 amide bonds. The number of rotatable bonds is 3. The summed E-state index contributed by atoms with van der Waals surface area (Å²) in [7, 11) is -2.82. The molecule has 100 valence electrons. The molecule has 2 rings (SSSR count). The van der Waals surface area contributed by atoms with Gasteiger partial charge < -0.3 is 10.5 Å². The van der Waals surface area contributed by atoms with Crippen molar-refractivity contribution in [2.75, 3.05) is 13.4 Å². The Morgan fingerprint density at radius 1 is 1.39 bits per heavy atom. The van der Waals surface area contributed by atoms with Crippen molar-refractivity contribution >= 4 is 9.84 Å². The molecule has 0 spiro atoms. The minimum atomic E-state index is -4.01. The molecule has 0 heterocycles. The van der Waals surface area contributed by atoms with Gasteiger partial charge in [0.05, 0.1) is 7.11 Å². The fraction of sp³-hybridized carbons (Fsp3) is 0.455. The first-order chi connectivity index (χ1) is 8.20. The van der Waals surface area contributed by atoms with Crippen LogP contribution in [0.3, 0.4) is 0 Å². The number of hydrogen-bond donors (Lipinski definition) is 1. The molecule has 1 saturated carbocycles. The van der Waals surface area contributed by atoms with E-state index in [0.29, 0.717) is 12.8 Å². The second-order valence-corrected chi connectivity index (χ2v) is 6.46. The molecule has 0 radical (unpaired) electrons. The van der Waals surface area contributed by atoms with E-state index < -0.39 is 31.9 Å². The zero-order valence-corrected chi connectivity index (χ0v) is 10.8. The summed E-state index contributed by atoms with van der Waals surface area (Å²) in [6.07, 6.45) is 1.91. The van der Waals surface area contributed by atoms with Gasteiger partial charge in [-0.15, -0.1) is 0 Å². The molecule has 4 nitrogen and oxygen atoms in total. The molecule has 1 aliphatic carbocycles. The van der Waals surface area contributed by atoms with Crippen LogP contribution in [0.4, 0.5) is 8.78 Å². The monoisotopic (exact) mass is 277 g/mol. The van der Waals surface area contributed by atoms with Gasteiger partial charge in [0.25, 0.3) is 0 Å². The molecule has 1 fully saturated rings. The van der Waals surface area contributed by atoms with E-state index >= 15 is 0 Å². The third kappa shape index (κ3) is 1.97. The predicted octanol–water partition coefficient (Wildman–Crippen LogP) is 1.32. The molecular formula is C11H13F2NO3S. The molecule has 18 heavy (non-hydrogen) atoms. The van der Waals surface area contributed by atoms with Gasteiger partial charge in [0.15, 0.2) is 21.4 Å². The number of hydrogen-bond acceptors (Lipinski definition) is 4. The molecule has 1 aromatic carbocycles. The molecule has 0 bridgehead atoms. The topological polar surface area (TPSA) is 69.4 Å². The Labute approximate surface area is 104 Å². The lowest BCUT2D eigenvalue weighted by molar-refractivity contribution is 0.364. The number of halogens is 2. The Balaban J connectivity index is 2.76. The lowest BCUT2D eigenvalue weighted by Gasteiger charge is -2.17. The van der Waals surface area contributed by atoms with Crippen LogP contribution >= 0.6 is 0 Å². The third-order valence-corrected chi connectivity index (χ3v) is 4.15. The second kappa shape index (κ2) is 3.89. The summed E-state index contributed by atoms with van der Waals surface area (Å²) in [6, 6.07) is 0.950. The number of sulfone groups is 1. The molecule has 1 aliphatic rings. The van der Waals surface area contributed by atoms with Gasteiger partial charge in [0.1, 0.15) is 10.7 Å². The molecule has 0 aliphatic heterocycles. The predicted molar refractivity (Wildman–Crippen MR) is 61.1 cm³/mol. The summed E-state index contributed by atoms with van der Waals surface area (Å²) in [6.45, 7) is 0. The van der Waals surface area contributed by atoms with E-state index in [1.54, 1.807) is 0 Å². The standard InChI is InChI=1S/C11H13F2NO3S/c1-17-9-6(11(14)3-4-11)5-7(12)10(8(9)13)18(2,15)16/h5H,3-4,14H2,1-2H3. The lowest BCUT2D eigenvalue weighted by Crippen LogP contribution is -2.21. The minimum absolute atomic E-state index is 0.174. The summed E-state index contributed by atoms with van der Waals surface area (Å²) in [5, 5.41) is 0. The maximum absolute atomic E-state index is 14.0. The summed E-state index contributed by atoms with van der Waals surface area (Å²) >= 11 is 0. The first-order valence-corrected chi connectivity index (χ1v) is 7.15. The summed E-state index contributed by atoms with van der Waals surface area (Å²) in [4.78, 5) is -0.979. The van der Waals surface area contributed by atoms with E-state index in [0.717, 1.165) is 12.3 Å². The number of methoxy groups -OCH3 is 1. The van der Waals surface area contributed by atoms with Crippen molar-refractivity contribution < 1.29 is 21.9 Å². The molecule has 0 atom stereocenters. The first kappa shape index (κ1) is 13.2. The quantitative estimate of drug-likeness (QED) is 0.904. The van der Waals surface area contributed by atoms with Crippen LogP contribution in [-0.2, 0) is 15.4 Å². The maximum atomic E-state index is 14.0. The molecule has 0 aromatic heterocycles. The van der Waals surface area contributed by atoms with Gasteiger partial charge in [-0.05, 0) is 18.9 Å².